The third-order valence-electron chi connectivity index (χ3n) is 1.76. The SMILES string of the molecule is CC(C)CSCc1ccnc(C(=O)O)c1. The molecule has 0 aromatic carbocycles. The van der Waals surface area contributed by atoms with Gasteiger partial charge >= 0.3 is 5.97 Å². The Morgan fingerprint density at radius 2 is 2.33 bits per heavy atom. The molecule has 1 aromatic rings. The van der Waals surface area contributed by atoms with Gasteiger partial charge in [0.05, 0.1) is 0 Å². The smallest absolute Gasteiger partial charge is 0.354 e. The number of pyridine rings is 1. The van der Waals surface area contributed by atoms with E-state index in [9.17, 15) is 4.79 Å². The Hall–Kier alpha value is -1.03. The number of carbonyl (C=O) groups is 1. The summed E-state index contributed by atoms with van der Waals surface area (Å²) in [5, 5.41) is 8.75. The molecular formula is C11H15NO2S. The second-order valence-corrected chi connectivity index (χ2v) is 4.79. The van der Waals surface area contributed by atoms with Crippen LogP contribution in [0.1, 0.15) is 29.9 Å². The summed E-state index contributed by atoms with van der Waals surface area (Å²) in [7, 11) is 0. The van der Waals surface area contributed by atoms with E-state index in [1.165, 1.54) is 0 Å². The van der Waals surface area contributed by atoms with Gasteiger partial charge in [-0.15, -0.1) is 0 Å². The van der Waals surface area contributed by atoms with Gasteiger partial charge in [0.25, 0.3) is 0 Å². The van der Waals surface area contributed by atoms with Crippen LogP contribution in [0.5, 0.6) is 0 Å². The van der Waals surface area contributed by atoms with Crippen LogP contribution in [0, 0.1) is 5.92 Å². The molecule has 0 fully saturated rings. The number of carboxylic acids is 1. The number of carboxylic acid groups (broad SMARTS) is 1. The lowest BCUT2D eigenvalue weighted by Crippen LogP contribution is -2.00. The summed E-state index contributed by atoms with van der Waals surface area (Å²) in [5.41, 5.74) is 1.14. The fraction of sp³-hybridized carbons (Fsp3) is 0.455. The van der Waals surface area contributed by atoms with E-state index in [0.717, 1.165) is 17.1 Å². The van der Waals surface area contributed by atoms with Crippen molar-refractivity contribution in [2.75, 3.05) is 5.75 Å². The second kappa shape index (κ2) is 5.75. The predicted octanol–water partition coefficient (Wildman–Crippen LogP) is 2.67. The first kappa shape index (κ1) is 12.0. The molecule has 0 radical (unpaired) electrons. The average Bonchev–Trinajstić information content (AvgIpc) is 2.17. The van der Waals surface area contributed by atoms with Crippen LogP contribution >= 0.6 is 11.8 Å². The number of rotatable bonds is 5. The Kier molecular flexibility index (Phi) is 4.62. The Balaban J connectivity index is 2.54. The summed E-state index contributed by atoms with van der Waals surface area (Å²) < 4.78 is 0. The molecule has 0 aliphatic carbocycles. The first-order valence-electron chi connectivity index (χ1n) is 4.85. The summed E-state index contributed by atoms with van der Waals surface area (Å²) in [6.07, 6.45) is 1.55. The Labute approximate surface area is 93.9 Å². The molecule has 1 aromatic heterocycles. The highest BCUT2D eigenvalue weighted by atomic mass is 32.2. The van der Waals surface area contributed by atoms with Gasteiger partial charge < -0.3 is 5.11 Å². The lowest BCUT2D eigenvalue weighted by atomic mass is 10.2. The van der Waals surface area contributed by atoms with E-state index in [1.807, 2.05) is 17.8 Å². The zero-order valence-electron chi connectivity index (χ0n) is 8.93. The topological polar surface area (TPSA) is 50.2 Å². The summed E-state index contributed by atoms with van der Waals surface area (Å²) in [6.45, 7) is 4.34. The molecule has 0 atom stereocenters. The van der Waals surface area contributed by atoms with Crippen molar-refractivity contribution in [2.45, 2.75) is 19.6 Å². The molecule has 0 amide bonds. The first-order chi connectivity index (χ1) is 7.09. The van der Waals surface area contributed by atoms with Gasteiger partial charge in [0.1, 0.15) is 5.69 Å². The second-order valence-electron chi connectivity index (χ2n) is 3.76. The molecule has 0 saturated heterocycles. The van der Waals surface area contributed by atoms with Crippen molar-refractivity contribution in [2.24, 2.45) is 5.92 Å². The highest BCUT2D eigenvalue weighted by Gasteiger charge is 2.05. The maximum Gasteiger partial charge on any atom is 0.354 e. The Bertz CT molecular complexity index is 339. The lowest BCUT2D eigenvalue weighted by molar-refractivity contribution is 0.0690. The van der Waals surface area contributed by atoms with Crippen molar-refractivity contribution >= 4 is 17.7 Å². The van der Waals surface area contributed by atoms with E-state index < -0.39 is 5.97 Å². The number of nitrogens with zero attached hydrogens (tertiary/aromatic N) is 1. The number of thioether (sulfide) groups is 1. The number of hydrogen-bond acceptors (Lipinski definition) is 3. The molecule has 0 unspecified atom stereocenters. The average molecular weight is 225 g/mol. The van der Waals surface area contributed by atoms with Crippen molar-refractivity contribution in [1.29, 1.82) is 0 Å². The van der Waals surface area contributed by atoms with Crippen molar-refractivity contribution in [1.82, 2.24) is 4.98 Å². The van der Waals surface area contributed by atoms with E-state index in [1.54, 1.807) is 12.3 Å². The number of hydrogen-bond donors (Lipinski definition) is 1. The molecule has 15 heavy (non-hydrogen) atoms. The van der Waals surface area contributed by atoms with E-state index in [2.05, 4.69) is 18.8 Å². The normalized spacial score (nSPS) is 10.6. The van der Waals surface area contributed by atoms with Crippen LogP contribution < -0.4 is 0 Å². The maximum atomic E-state index is 10.7. The van der Waals surface area contributed by atoms with E-state index in [4.69, 9.17) is 5.11 Å². The zero-order chi connectivity index (χ0) is 11.3. The van der Waals surface area contributed by atoms with Crippen LogP contribution in [0.25, 0.3) is 0 Å². The van der Waals surface area contributed by atoms with Crippen LogP contribution in [-0.4, -0.2) is 21.8 Å². The number of aromatic carboxylic acids is 1. The third kappa shape index (κ3) is 4.34. The molecule has 0 spiro atoms. The lowest BCUT2D eigenvalue weighted by Gasteiger charge is -2.04. The fourth-order valence-electron chi connectivity index (χ4n) is 1.09. The minimum atomic E-state index is -0.967. The zero-order valence-corrected chi connectivity index (χ0v) is 9.75. The van der Waals surface area contributed by atoms with Gasteiger partial charge in [-0.25, -0.2) is 9.78 Å². The summed E-state index contributed by atoms with van der Waals surface area (Å²) in [6, 6.07) is 3.50. The predicted molar refractivity (Wildman–Crippen MR) is 62.2 cm³/mol. The molecule has 82 valence electrons. The first-order valence-corrected chi connectivity index (χ1v) is 6.01. The molecule has 0 bridgehead atoms. The van der Waals surface area contributed by atoms with Gasteiger partial charge in [0, 0.05) is 11.9 Å². The quantitative estimate of drug-likeness (QED) is 0.837. The van der Waals surface area contributed by atoms with Gasteiger partial charge in [-0.05, 0) is 29.4 Å². The van der Waals surface area contributed by atoms with E-state index in [0.29, 0.717) is 5.92 Å². The van der Waals surface area contributed by atoms with Crippen LogP contribution in [0.2, 0.25) is 0 Å². The largest absolute Gasteiger partial charge is 0.477 e. The molecular weight excluding hydrogens is 210 g/mol. The van der Waals surface area contributed by atoms with Crippen molar-refractivity contribution < 1.29 is 9.90 Å². The maximum absolute atomic E-state index is 10.7. The van der Waals surface area contributed by atoms with E-state index in [-0.39, 0.29) is 5.69 Å². The van der Waals surface area contributed by atoms with Gasteiger partial charge in [0.15, 0.2) is 0 Å². The van der Waals surface area contributed by atoms with Crippen molar-refractivity contribution in [3.63, 3.8) is 0 Å². The minimum Gasteiger partial charge on any atom is -0.477 e. The number of aromatic nitrogens is 1. The standard InChI is InChI=1S/C11H15NO2S/c1-8(2)6-15-7-9-3-4-12-10(5-9)11(13)14/h3-5,8H,6-7H2,1-2H3,(H,13,14). The molecule has 1 rings (SSSR count). The molecule has 0 aliphatic rings. The van der Waals surface area contributed by atoms with Gasteiger partial charge in [0.2, 0.25) is 0 Å². The van der Waals surface area contributed by atoms with Gasteiger partial charge in [-0.3, -0.25) is 0 Å². The summed E-state index contributed by atoms with van der Waals surface area (Å²) in [5.74, 6) is 1.63. The van der Waals surface area contributed by atoms with E-state index >= 15 is 0 Å². The Morgan fingerprint density at radius 1 is 1.60 bits per heavy atom. The molecule has 0 saturated carbocycles. The molecule has 3 nitrogen and oxygen atoms in total. The van der Waals surface area contributed by atoms with Crippen LogP contribution in [0.4, 0.5) is 0 Å². The van der Waals surface area contributed by atoms with Gasteiger partial charge in [-0.2, -0.15) is 11.8 Å². The molecule has 1 N–H and O–H groups in total. The summed E-state index contributed by atoms with van der Waals surface area (Å²) >= 11 is 1.81. The van der Waals surface area contributed by atoms with Crippen LogP contribution in [0.15, 0.2) is 18.3 Å². The molecule has 0 aliphatic heterocycles. The Morgan fingerprint density at radius 3 is 2.93 bits per heavy atom. The fourth-order valence-corrected chi connectivity index (χ4v) is 2.10. The van der Waals surface area contributed by atoms with Gasteiger partial charge in [-0.1, -0.05) is 13.8 Å². The molecule has 1 heterocycles. The third-order valence-corrected chi connectivity index (χ3v) is 3.20. The molecule has 4 heteroatoms. The van der Waals surface area contributed by atoms with Crippen LogP contribution in [0.3, 0.4) is 0 Å². The minimum absolute atomic E-state index is 0.123. The highest BCUT2D eigenvalue weighted by molar-refractivity contribution is 7.98. The van der Waals surface area contributed by atoms with Crippen molar-refractivity contribution in [3.05, 3.63) is 29.6 Å². The van der Waals surface area contributed by atoms with Crippen LogP contribution in [-0.2, 0) is 5.75 Å². The monoisotopic (exact) mass is 225 g/mol. The van der Waals surface area contributed by atoms with Crippen molar-refractivity contribution in [3.8, 4) is 0 Å². The summed E-state index contributed by atoms with van der Waals surface area (Å²) in [4.78, 5) is 14.4. The highest BCUT2D eigenvalue weighted by Crippen LogP contribution is 2.15.